The summed E-state index contributed by atoms with van der Waals surface area (Å²) >= 11 is 0. The number of nitrogens with one attached hydrogen (secondary N) is 1. The minimum atomic E-state index is -0.736. The van der Waals surface area contributed by atoms with E-state index in [-0.39, 0.29) is 5.78 Å². The summed E-state index contributed by atoms with van der Waals surface area (Å²) in [6, 6.07) is 28.9. The van der Waals surface area contributed by atoms with Crippen molar-refractivity contribution in [2.45, 2.75) is 25.2 Å². The number of ketones is 1. The van der Waals surface area contributed by atoms with Crippen LogP contribution in [0.25, 0.3) is 10.9 Å². The molecule has 0 spiro atoms. The lowest BCUT2D eigenvalue weighted by Gasteiger charge is -2.33. The zero-order valence-corrected chi connectivity index (χ0v) is 18.6. The number of likely N-dealkylation sites (N-methyl/N-ethyl adjacent to an activating group) is 1. The third-order valence-electron chi connectivity index (χ3n) is 6.29. The number of hydrogen-bond donors (Lipinski definition) is 1. The molecule has 0 radical (unpaired) electrons. The standard InChI is InChI=1S/C28H30N2O/c1-21(31)28(22-12-6-4-7-13-22,23-14-8-5-9-15-23)20-25-24-16-10-11-17-26(24)29-27(25)18-19-30(2)3/h4-17,29H,18-20H2,1-3H3. The second-order valence-corrected chi connectivity index (χ2v) is 8.55. The number of hydrogen-bond acceptors (Lipinski definition) is 2. The molecule has 0 fully saturated rings. The first-order valence-electron chi connectivity index (χ1n) is 10.9. The van der Waals surface area contributed by atoms with Gasteiger partial charge in [0, 0.05) is 29.6 Å². The number of benzene rings is 3. The number of aromatic nitrogens is 1. The van der Waals surface area contributed by atoms with Crippen LogP contribution in [0.2, 0.25) is 0 Å². The van der Waals surface area contributed by atoms with Gasteiger partial charge in [-0.25, -0.2) is 0 Å². The van der Waals surface area contributed by atoms with E-state index in [9.17, 15) is 4.79 Å². The molecule has 0 aliphatic carbocycles. The number of Topliss-reactive ketones (excluding diaryl/α,β-unsaturated/α-hetero) is 1. The Balaban J connectivity index is 1.93. The Kier molecular flexibility index (Phi) is 6.06. The van der Waals surface area contributed by atoms with Crippen molar-refractivity contribution in [2.75, 3.05) is 20.6 Å². The molecule has 4 aromatic rings. The smallest absolute Gasteiger partial charge is 0.145 e. The summed E-state index contributed by atoms with van der Waals surface area (Å²) in [5.41, 5.74) is 4.92. The van der Waals surface area contributed by atoms with Crippen LogP contribution in [0, 0.1) is 0 Å². The molecule has 0 bridgehead atoms. The molecule has 1 N–H and O–H groups in total. The van der Waals surface area contributed by atoms with Gasteiger partial charge in [-0.05, 0) is 50.2 Å². The Bertz CT molecular complexity index is 1120. The van der Waals surface area contributed by atoms with E-state index >= 15 is 0 Å². The first kappa shape index (κ1) is 21.1. The Morgan fingerprint density at radius 3 is 1.94 bits per heavy atom. The first-order valence-corrected chi connectivity index (χ1v) is 10.9. The van der Waals surface area contributed by atoms with Gasteiger partial charge >= 0.3 is 0 Å². The number of H-pyrrole nitrogens is 1. The van der Waals surface area contributed by atoms with Crippen molar-refractivity contribution in [3.8, 4) is 0 Å². The summed E-state index contributed by atoms with van der Waals surface area (Å²) in [5, 5.41) is 1.20. The highest BCUT2D eigenvalue weighted by molar-refractivity contribution is 5.94. The molecule has 1 aromatic heterocycles. The summed E-state index contributed by atoms with van der Waals surface area (Å²) in [7, 11) is 4.19. The van der Waals surface area contributed by atoms with Crippen LogP contribution in [-0.4, -0.2) is 36.3 Å². The van der Waals surface area contributed by atoms with Crippen LogP contribution in [0.5, 0.6) is 0 Å². The van der Waals surface area contributed by atoms with Crippen LogP contribution in [0.3, 0.4) is 0 Å². The molecule has 0 aliphatic heterocycles. The first-order chi connectivity index (χ1) is 15.0. The van der Waals surface area contributed by atoms with E-state index in [1.165, 1.54) is 16.6 Å². The summed E-state index contributed by atoms with van der Waals surface area (Å²) in [4.78, 5) is 19.3. The number of para-hydroxylation sites is 1. The largest absolute Gasteiger partial charge is 0.358 e. The summed E-state index contributed by atoms with van der Waals surface area (Å²) in [6.45, 7) is 2.68. The zero-order valence-electron chi connectivity index (χ0n) is 18.6. The Morgan fingerprint density at radius 2 is 1.39 bits per heavy atom. The topological polar surface area (TPSA) is 36.1 Å². The van der Waals surface area contributed by atoms with Gasteiger partial charge in [0.1, 0.15) is 5.78 Å². The van der Waals surface area contributed by atoms with Gasteiger partial charge in [-0.3, -0.25) is 4.79 Å². The number of carbonyl (C=O) groups excluding carboxylic acids is 1. The van der Waals surface area contributed by atoms with E-state index in [1.54, 1.807) is 6.92 Å². The zero-order chi connectivity index (χ0) is 21.8. The fraction of sp³-hybridized carbons (Fsp3) is 0.250. The minimum Gasteiger partial charge on any atom is -0.358 e. The highest BCUT2D eigenvalue weighted by Crippen LogP contribution is 2.39. The molecule has 0 atom stereocenters. The summed E-state index contributed by atoms with van der Waals surface area (Å²) in [6.07, 6.45) is 1.54. The molecular formula is C28H30N2O. The van der Waals surface area contributed by atoms with E-state index in [2.05, 4.69) is 72.5 Å². The number of carbonyl (C=O) groups is 1. The average Bonchev–Trinajstić information content (AvgIpc) is 3.14. The molecule has 4 rings (SSSR count). The van der Waals surface area contributed by atoms with E-state index < -0.39 is 5.41 Å². The highest BCUT2D eigenvalue weighted by Gasteiger charge is 2.40. The van der Waals surface area contributed by atoms with Crippen molar-refractivity contribution in [1.82, 2.24) is 9.88 Å². The molecular weight excluding hydrogens is 380 g/mol. The van der Waals surface area contributed by atoms with Crippen LogP contribution >= 0.6 is 0 Å². The highest BCUT2D eigenvalue weighted by atomic mass is 16.1. The van der Waals surface area contributed by atoms with E-state index in [1.807, 2.05) is 36.4 Å². The van der Waals surface area contributed by atoms with Crippen LogP contribution in [0.1, 0.15) is 29.3 Å². The monoisotopic (exact) mass is 410 g/mol. The van der Waals surface area contributed by atoms with Crippen molar-refractivity contribution >= 4 is 16.7 Å². The van der Waals surface area contributed by atoms with E-state index in [0.29, 0.717) is 6.42 Å². The van der Waals surface area contributed by atoms with Gasteiger partial charge in [0.05, 0.1) is 5.41 Å². The minimum absolute atomic E-state index is 0.161. The van der Waals surface area contributed by atoms with Crippen molar-refractivity contribution in [3.63, 3.8) is 0 Å². The summed E-state index contributed by atoms with van der Waals surface area (Å²) in [5.74, 6) is 0.161. The number of fused-ring (bicyclic) bond motifs is 1. The van der Waals surface area contributed by atoms with Gasteiger partial charge in [0.2, 0.25) is 0 Å². The molecule has 3 nitrogen and oxygen atoms in total. The second-order valence-electron chi connectivity index (χ2n) is 8.55. The predicted molar refractivity (Wildman–Crippen MR) is 129 cm³/mol. The molecule has 0 amide bonds. The molecule has 0 saturated carbocycles. The van der Waals surface area contributed by atoms with Crippen molar-refractivity contribution in [1.29, 1.82) is 0 Å². The molecule has 0 unspecified atom stereocenters. The van der Waals surface area contributed by atoms with Crippen molar-refractivity contribution in [3.05, 3.63) is 107 Å². The Morgan fingerprint density at radius 1 is 0.839 bits per heavy atom. The third kappa shape index (κ3) is 4.06. The molecule has 3 aromatic carbocycles. The van der Waals surface area contributed by atoms with Crippen LogP contribution in [0.15, 0.2) is 84.9 Å². The Labute approximate surface area is 184 Å². The SMILES string of the molecule is CC(=O)C(Cc1c(CCN(C)C)[nH]c2ccccc12)(c1ccccc1)c1ccccc1. The predicted octanol–water partition coefficient (Wildman–Crippen LogP) is 5.39. The molecule has 3 heteroatoms. The van der Waals surface area contributed by atoms with Crippen LogP contribution in [-0.2, 0) is 23.1 Å². The van der Waals surface area contributed by atoms with E-state index in [4.69, 9.17) is 0 Å². The lowest BCUT2D eigenvalue weighted by Crippen LogP contribution is -2.38. The molecule has 0 saturated heterocycles. The quantitative estimate of drug-likeness (QED) is 0.423. The van der Waals surface area contributed by atoms with Crippen LogP contribution < -0.4 is 0 Å². The second kappa shape index (κ2) is 8.91. The van der Waals surface area contributed by atoms with Gasteiger partial charge in [-0.2, -0.15) is 0 Å². The number of rotatable bonds is 8. The molecule has 1 heterocycles. The van der Waals surface area contributed by atoms with Gasteiger partial charge in [-0.1, -0.05) is 78.9 Å². The maximum absolute atomic E-state index is 13.5. The lowest BCUT2D eigenvalue weighted by molar-refractivity contribution is -0.121. The van der Waals surface area contributed by atoms with Crippen molar-refractivity contribution < 1.29 is 4.79 Å². The number of aromatic amines is 1. The normalized spacial score (nSPS) is 11.9. The van der Waals surface area contributed by atoms with Gasteiger partial charge < -0.3 is 9.88 Å². The van der Waals surface area contributed by atoms with Crippen LogP contribution in [0.4, 0.5) is 0 Å². The lowest BCUT2D eigenvalue weighted by atomic mass is 9.67. The Hall–Kier alpha value is -3.17. The van der Waals surface area contributed by atoms with Crippen molar-refractivity contribution in [2.24, 2.45) is 0 Å². The van der Waals surface area contributed by atoms with Gasteiger partial charge in [0.25, 0.3) is 0 Å². The molecule has 31 heavy (non-hydrogen) atoms. The fourth-order valence-corrected chi connectivity index (χ4v) is 4.62. The number of nitrogens with zero attached hydrogens (tertiary/aromatic N) is 1. The average molecular weight is 411 g/mol. The molecule has 0 aliphatic rings. The van der Waals surface area contributed by atoms with Gasteiger partial charge in [-0.15, -0.1) is 0 Å². The fourth-order valence-electron chi connectivity index (χ4n) is 4.62. The molecule has 158 valence electrons. The third-order valence-corrected chi connectivity index (χ3v) is 6.29. The van der Waals surface area contributed by atoms with E-state index in [0.717, 1.165) is 29.6 Å². The van der Waals surface area contributed by atoms with Gasteiger partial charge in [0.15, 0.2) is 0 Å². The maximum Gasteiger partial charge on any atom is 0.145 e. The summed E-state index contributed by atoms with van der Waals surface area (Å²) < 4.78 is 0. The maximum atomic E-state index is 13.5.